The van der Waals surface area contributed by atoms with Gasteiger partial charge in [-0.25, -0.2) is 12.7 Å². The van der Waals surface area contributed by atoms with E-state index in [9.17, 15) is 13.2 Å². The van der Waals surface area contributed by atoms with Crippen molar-refractivity contribution in [2.24, 2.45) is 0 Å². The second-order valence-electron chi connectivity index (χ2n) is 6.88. The smallest absolute Gasteiger partial charge is 0.322 e. The quantitative estimate of drug-likeness (QED) is 0.665. The third-order valence-electron chi connectivity index (χ3n) is 4.40. The molecule has 0 bridgehead atoms. The third kappa shape index (κ3) is 4.69. The van der Waals surface area contributed by atoms with Gasteiger partial charge in [0.25, 0.3) is 0 Å². The molecule has 0 saturated heterocycles. The zero-order chi connectivity index (χ0) is 21.2. The number of hydrogen-bond acceptors (Lipinski definition) is 6. The summed E-state index contributed by atoms with van der Waals surface area (Å²) in [5.41, 5.74) is 3.65. The highest BCUT2D eigenvalue weighted by molar-refractivity contribution is 7.89. The maximum atomic E-state index is 12.3. The highest BCUT2D eigenvalue weighted by atomic mass is 32.2. The van der Waals surface area contributed by atoms with E-state index in [0.29, 0.717) is 5.56 Å². The van der Waals surface area contributed by atoms with Crippen molar-refractivity contribution in [3.63, 3.8) is 0 Å². The van der Waals surface area contributed by atoms with E-state index in [1.54, 1.807) is 12.1 Å². The fraction of sp³-hybridized carbons (Fsp3) is 0.250. The Labute approximate surface area is 169 Å². The predicted molar refractivity (Wildman–Crippen MR) is 109 cm³/mol. The molecule has 29 heavy (non-hydrogen) atoms. The Balaban J connectivity index is 1.70. The Bertz CT molecular complexity index is 1140. The van der Waals surface area contributed by atoms with E-state index in [0.717, 1.165) is 21.0 Å². The summed E-state index contributed by atoms with van der Waals surface area (Å²) in [6.45, 7) is 3.96. The predicted octanol–water partition coefficient (Wildman–Crippen LogP) is 2.78. The molecule has 0 spiro atoms. The molecule has 0 aliphatic rings. The molecule has 3 aromatic rings. The minimum Gasteiger partial charge on any atom is -0.403 e. The van der Waals surface area contributed by atoms with Crippen molar-refractivity contribution in [1.29, 1.82) is 0 Å². The Morgan fingerprint density at radius 2 is 1.76 bits per heavy atom. The lowest BCUT2D eigenvalue weighted by atomic mass is 10.0. The normalized spacial score (nSPS) is 11.6. The van der Waals surface area contributed by atoms with Crippen LogP contribution in [0.3, 0.4) is 0 Å². The molecular weight excluding hydrogens is 392 g/mol. The zero-order valence-corrected chi connectivity index (χ0v) is 17.4. The molecular formula is C20H22N4O4S. The van der Waals surface area contributed by atoms with Crippen LogP contribution in [0.2, 0.25) is 0 Å². The number of nitrogens with zero attached hydrogens (tertiary/aromatic N) is 3. The minimum absolute atomic E-state index is 0.0141. The van der Waals surface area contributed by atoms with E-state index in [1.165, 1.54) is 26.2 Å². The van der Waals surface area contributed by atoms with Gasteiger partial charge in [0.05, 0.1) is 11.3 Å². The van der Waals surface area contributed by atoms with Gasteiger partial charge in [-0.15, -0.1) is 5.10 Å². The van der Waals surface area contributed by atoms with Crippen LogP contribution in [0.1, 0.15) is 16.7 Å². The number of anilines is 1. The maximum Gasteiger partial charge on any atom is 0.322 e. The average molecular weight is 414 g/mol. The van der Waals surface area contributed by atoms with Crippen molar-refractivity contribution in [3.05, 3.63) is 59.2 Å². The standard InChI is InChI=1S/C20H22N4O4S/c1-13-5-6-16(14(2)11-13)12-18(25)21-20-23-22-19(28-20)15-7-9-17(10-8-15)29(26,27)24(3)4/h5-11H,12H2,1-4H3,(H,21,23,25). The molecule has 1 heterocycles. The summed E-state index contributed by atoms with van der Waals surface area (Å²) >= 11 is 0. The van der Waals surface area contributed by atoms with E-state index in [-0.39, 0.29) is 29.1 Å². The average Bonchev–Trinajstić information content (AvgIpc) is 3.12. The summed E-state index contributed by atoms with van der Waals surface area (Å²) < 4.78 is 30.9. The lowest BCUT2D eigenvalue weighted by Crippen LogP contribution is -2.22. The van der Waals surface area contributed by atoms with Gasteiger partial charge in [-0.3, -0.25) is 10.1 Å². The summed E-state index contributed by atoms with van der Waals surface area (Å²) in [5, 5.41) is 10.3. The summed E-state index contributed by atoms with van der Waals surface area (Å²) in [5.74, 6) is -0.0832. The van der Waals surface area contributed by atoms with Crippen LogP contribution in [0.4, 0.5) is 6.01 Å². The fourth-order valence-electron chi connectivity index (χ4n) is 2.75. The SMILES string of the molecule is Cc1ccc(CC(=O)Nc2nnc(-c3ccc(S(=O)(=O)N(C)C)cc3)o2)c(C)c1. The lowest BCUT2D eigenvalue weighted by Gasteiger charge is -2.11. The Morgan fingerprint density at radius 3 is 2.38 bits per heavy atom. The van der Waals surface area contributed by atoms with Gasteiger partial charge in [0.2, 0.25) is 21.8 Å². The maximum absolute atomic E-state index is 12.3. The summed E-state index contributed by atoms with van der Waals surface area (Å²) in [6, 6.07) is 12.0. The number of carbonyl (C=O) groups is 1. The molecule has 1 aromatic heterocycles. The fourth-order valence-corrected chi connectivity index (χ4v) is 3.65. The number of benzene rings is 2. The molecule has 152 valence electrons. The van der Waals surface area contributed by atoms with Crippen molar-refractivity contribution in [2.45, 2.75) is 25.2 Å². The number of carbonyl (C=O) groups excluding carboxylic acids is 1. The largest absolute Gasteiger partial charge is 0.403 e. The molecule has 0 aliphatic heterocycles. The zero-order valence-electron chi connectivity index (χ0n) is 16.6. The van der Waals surface area contributed by atoms with Crippen molar-refractivity contribution < 1.29 is 17.6 Å². The Kier molecular flexibility index (Phi) is 5.81. The molecule has 8 nitrogen and oxygen atoms in total. The van der Waals surface area contributed by atoms with Crippen LogP contribution in [-0.2, 0) is 21.2 Å². The molecule has 1 amide bonds. The van der Waals surface area contributed by atoms with Gasteiger partial charge in [-0.05, 0) is 49.2 Å². The molecule has 0 saturated carbocycles. The summed E-state index contributed by atoms with van der Waals surface area (Å²) in [6.07, 6.45) is 0.195. The first-order valence-electron chi connectivity index (χ1n) is 8.89. The number of nitrogens with one attached hydrogen (secondary N) is 1. The van der Waals surface area contributed by atoms with Gasteiger partial charge in [-0.1, -0.05) is 28.9 Å². The van der Waals surface area contributed by atoms with Crippen LogP contribution in [0.5, 0.6) is 0 Å². The first-order valence-corrected chi connectivity index (χ1v) is 10.3. The van der Waals surface area contributed by atoms with Gasteiger partial charge < -0.3 is 4.42 Å². The summed E-state index contributed by atoms with van der Waals surface area (Å²) in [7, 11) is -0.580. The second kappa shape index (κ2) is 8.14. The van der Waals surface area contributed by atoms with E-state index in [2.05, 4.69) is 15.5 Å². The molecule has 0 aliphatic carbocycles. The van der Waals surface area contributed by atoms with Gasteiger partial charge >= 0.3 is 6.01 Å². The van der Waals surface area contributed by atoms with Crippen molar-refractivity contribution in [1.82, 2.24) is 14.5 Å². The number of hydrogen-bond donors (Lipinski definition) is 1. The van der Waals surface area contributed by atoms with Gasteiger partial charge in [0.1, 0.15) is 0 Å². The van der Waals surface area contributed by atoms with E-state index in [1.807, 2.05) is 32.0 Å². The third-order valence-corrected chi connectivity index (χ3v) is 6.23. The summed E-state index contributed by atoms with van der Waals surface area (Å²) in [4.78, 5) is 12.4. The number of aryl methyl sites for hydroxylation is 2. The van der Waals surface area contributed by atoms with Gasteiger partial charge in [0.15, 0.2) is 0 Å². The molecule has 2 aromatic carbocycles. The van der Waals surface area contributed by atoms with Crippen LogP contribution in [0.15, 0.2) is 51.8 Å². The minimum atomic E-state index is -3.51. The first-order chi connectivity index (χ1) is 13.7. The number of sulfonamides is 1. The molecule has 0 fully saturated rings. The molecule has 9 heteroatoms. The van der Waals surface area contributed by atoms with E-state index in [4.69, 9.17) is 4.42 Å². The van der Waals surface area contributed by atoms with Crippen LogP contribution in [-0.4, -0.2) is 42.9 Å². The Hall–Kier alpha value is -3.04. The topological polar surface area (TPSA) is 105 Å². The van der Waals surface area contributed by atoms with E-state index < -0.39 is 10.0 Å². The molecule has 0 radical (unpaired) electrons. The van der Waals surface area contributed by atoms with Crippen LogP contribution < -0.4 is 5.32 Å². The van der Waals surface area contributed by atoms with Gasteiger partial charge in [-0.2, -0.15) is 0 Å². The molecule has 1 N–H and O–H groups in total. The number of amides is 1. The molecule has 0 unspecified atom stereocenters. The molecule has 3 rings (SSSR count). The van der Waals surface area contributed by atoms with Crippen molar-refractivity contribution in [3.8, 4) is 11.5 Å². The first kappa shape index (κ1) is 20.7. The second-order valence-corrected chi connectivity index (χ2v) is 9.03. The highest BCUT2D eigenvalue weighted by Crippen LogP contribution is 2.23. The van der Waals surface area contributed by atoms with Crippen molar-refractivity contribution >= 4 is 21.9 Å². The monoisotopic (exact) mass is 414 g/mol. The lowest BCUT2D eigenvalue weighted by molar-refractivity contribution is -0.115. The van der Waals surface area contributed by atoms with Crippen molar-refractivity contribution in [2.75, 3.05) is 19.4 Å². The number of aromatic nitrogens is 2. The Morgan fingerprint density at radius 1 is 1.07 bits per heavy atom. The van der Waals surface area contributed by atoms with Gasteiger partial charge in [0, 0.05) is 19.7 Å². The van der Waals surface area contributed by atoms with Crippen LogP contribution in [0.25, 0.3) is 11.5 Å². The molecule has 0 atom stereocenters. The highest BCUT2D eigenvalue weighted by Gasteiger charge is 2.18. The number of rotatable bonds is 6. The van der Waals surface area contributed by atoms with Crippen LogP contribution in [0, 0.1) is 13.8 Å². The van der Waals surface area contributed by atoms with E-state index >= 15 is 0 Å². The van der Waals surface area contributed by atoms with Crippen LogP contribution >= 0.6 is 0 Å².